The molecule has 3 heteroatoms. The van der Waals surface area contributed by atoms with Gasteiger partial charge in [-0.1, -0.05) is 64.7 Å². The normalized spacial score (nSPS) is 10.8. The molecule has 1 aromatic heterocycles. The first kappa shape index (κ1) is 16.4. The maximum atomic E-state index is 5.76. The molecule has 0 saturated heterocycles. The summed E-state index contributed by atoms with van der Waals surface area (Å²) in [6.07, 6.45) is 16.4. The highest BCUT2D eigenvalue weighted by molar-refractivity contribution is 6.28. The highest BCUT2D eigenvalue weighted by atomic mass is 35.5. The molecule has 0 fully saturated rings. The number of hydrogen-bond acceptors (Lipinski definition) is 2. The zero-order valence-electron chi connectivity index (χ0n) is 12.2. The molecule has 0 unspecified atom stereocenters. The lowest BCUT2D eigenvalue weighted by atomic mass is 10.1. The van der Waals surface area contributed by atoms with E-state index in [0.717, 1.165) is 12.1 Å². The lowest BCUT2D eigenvalue weighted by molar-refractivity contribution is 0.555. The topological polar surface area (TPSA) is 25.8 Å². The van der Waals surface area contributed by atoms with Gasteiger partial charge in [-0.15, -0.1) is 0 Å². The molecule has 108 valence electrons. The van der Waals surface area contributed by atoms with Crippen LogP contribution in [0.5, 0.6) is 0 Å². The Labute approximate surface area is 123 Å². The van der Waals surface area contributed by atoms with Crippen molar-refractivity contribution in [3.8, 4) is 0 Å². The second kappa shape index (κ2) is 11.2. The molecule has 0 bridgehead atoms. The van der Waals surface area contributed by atoms with Gasteiger partial charge in [0.1, 0.15) is 0 Å². The van der Waals surface area contributed by atoms with Gasteiger partial charge in [0.25, 0.3) is 0 Å². The van der Waals surface area contributed by atoms with E-state index in [-0.39, 0.29) is 0 Å². The minimum Gasteiger partial charge on any atom is -0.227 e. The van der Waals surface area contributed by atoms with E-state index in [1.165, 1.54) is 64.2 Å². The zero-order chi connectivity index (χ0) is 13.8. The van der Waals surface area contributed by atoms with Crippen molar-refractivity contribution in [3.05, 3.63) is 23.2 Å². The summed E-state index contributed by atoms with van der Waals surface area (Å²) in [5.41, 5.74) is 1.07. The van der Waals surface area contributed by atoms with Crippen LogP contribution in [0.4, 0.5) is 0 Å². The van der Waals surface area contributed by atoms with Crippen LogP contribution in [0.2, 0.25) is 5.28 Å². The number of hydrogen-bond donors (Lipinski definition) is 0. The maximum absolute atomic E-state index is 5.76. The van der Waals surface area contributed by atoms with Crippen LogP contribution in [0.1, 0.15) is 76.8 Å². The average molecular weight is 283 g/mol. The molecule has 1 heterocycles. The van der Waals surface area contributed by atoms with Crippen molar-refractivity contribution in [1.29, 1.82) is 0 Å². The smallest absolute Gasteiger partial charge is 0.222 e. The number of aromatic nitrogens is 2. The van der Waals surface area contributed by atoms with E-state index in [0.29, 0.717) is 5.28 Å². The Morgan fingerprint density at radius 2 is 1.47 bits per heavy atom. The van der Waals surface area contributed by atoms with Crippen LogP contribution < -0.4 is 0 Å². The molecule has 0 aromatic carbocycles. The molecule has 1 rings (SSSR count). The summed E-state index contributed by atoms with van der Waals surface area (Å²) in [5.74, 6) is 0. The van der Waals surface area contributed by atoms with E-state index in [4.69, 9.17) is 11.6 Å². The van der Waals surface area contributed by atoms with Gasteiger partial charge in [-0.05, 0) is 30.5 Å². The highest BCUT2D eigenvalue weighted by Gasteiger charge is 1.97. The van der Waals surface area contributed by atoms with E-state index >= 15 is 0 Å². The van der Waals surface area contributed by atoms with Crippen LogP contribution in [0.3, 0.4) is 0 Å². The summed E-state index contributed by atoms with van der Waals surface area (Å²) in [7, 11) is 0. The van der Waals surface area contributed by atoms with Crippen molar-refractivity contribution < 1.29 is 0 Å². The average Bonchev–Trinajstić information content (AvgIpc) is 2.41. The van der Waals surface area contributed by atoms with Crippen LogP contribution in [-0.4, -0.2) is 9.97 Å². The SMILES string of the molecule is CCCCCCCCCCCCc1ccnc(Cl)n1. The van der Waals surface area contributed by atoms with Gasteiger partial charge in [0.2, 0.25) is 5.28 Å². The molecule has 0 N–H and O–H groups in total. The molecule has 0 amide bonds. The molecule has 0 aliphatic heterocycles. The number of unbranched alkanes of at least 4 members (excludes halogenated alkanes) is 9. The van der Waals surface area contributed by atoms with Crippen LogP contribution in [-0.2, 0) is 6.42 Å². The van der Waals surface area contributed by atoms with Gasteiger partial charge in [-0.3, -0.25) is 0 Å². The van der Waals surface area contributed by atoms with Gasteiger partial charge in [-0.25, -0.2) is 9.97 Å². The Morgan fingerprint density at radius 3 is 2.05 bits per heavy atom. The lowest BCUT2D eigenvalue weighted by Crippen LogP contribution is -1.92. The van der Waals surface area contributed by atoms with Crippen molar-refractivity contribution in [2.24, 2.45) is 0 Å². The van der Waals surface area contributed by atoms with E-state index in [9.17, 15) is 0 Å². The largest absolute Gasteiger partial charge is 0.227 e. The van der Waals surface area contributed by atoms with Gasteiger partial charge in [0.15, 0.2) is 0 Å². The molecular weight excluding hydrogens is 256 g/mol. The molecule has 0 atom stereocenters. The molecule has 0 radical (unpaired) electrons. The minimum absolute atomic E-state index is 0.365. The summed E-state index contributed by atoms with van der Waals surface area (Å²) < 4.78 is 0. The van der Waals surface area contributed by atoms with Gasteiger partial charge < -0.3 is 0 Å². The third-order valence-corrected chi connectivity index (χ3v) is 3.65. The molecule has 0 aliphatic rings. The zero-order valence-corrected chi connectivity index (χ0v) is 13.0. The van der Waals surface area contributed by atoms with E-state index in [2.05, 4.69) is 16.9 Å². The van der Waals surface area contributed by atoms with Crippen molar-refractivity contribution >= 4 is 11.6 Å². The second-order valence-electron chi connectivity index (χ2n) is 5.25. The summed E-state index contributed by atoms with van der Waals surface area (Å²) >= 11 is 5.76. The summed E-state index contributed by atoms with van der Waals surface area (Å²) in [6, 6.07) is 1.96. The van der Waals surface area contributed by atoms with Crippen LogP contribution >= 0.6 is 11.6 Å². The van der Waals surface area contributed by atoms with Crippen molar-refractivity contribution in [3.63, 3.8) is 0 Å². The molecule has 19 heavy (non-hydrogen) atoms. The molecule has 2 nitrogen and oxygen atoms in total. The van der Waals surface area contributed by atoms with Crippen molar-refractivity contribution in [2.75, 3.05) is 0 Å². The fourth-order valence-electron chi connectivity index (χ4n) is 2.30. The van der Waals surface area contributed by atoms with Gasteiger partial charge in [0.05, 0.1) is 0 Å². The Kier molecular flexibility index (Phi) is 9.70. The van der Waals surface area contributed by atoms with Gasteiger partial charge in [-0.2, -0.15) is 0 Å². The minimum atomic E-state index is 0.365. The molecular formula is C16H27ClN2. The van der Waals surface area contributed by atoms with E-state index < -0.39 is 0 Å². The van der Waals surface area contributed by atoms with E-state index in [1.54, 1.807) is 6.20 Å². The Hall–Kier alpha value is -0.630. The number of rotatable bonds is 11. The Morgan fingerprint density at radius 1 is 0.895 bits per heavy atom. The maximum Gasteiger partial charge on any atom is 0.222 e. The summed E-state index contributed by atoms with van der Waals surface area (Å²) in [5, 5.41) is 0.365. The first-order chi connectivity index (χ1) is 9.33. The second-order valence-corrected chi connectivity index (χ2v) is 5.59. The third-order valence-electron chi connectivity index (χ3n) is 3.47. The molecule has 1 aromatic rings. The van der Waals surface area contributed by atoms with Gasteiger partial charge >= 0.3 is 0 Å². The number of aryl methyl sites for hydroxylation is 1. The fourth-order valence-corrected chi connectivity index (χ4v) is 2.47. The summed E-state index contributed by atoms with van der Waals surface area (Å²) in [6.45, 7) is 2.27. The predicted octanol–water partition coefficient (Wildman–Crippen LogP) is 5.59. The van der Waals surface area contributed by atoms with Gasteiger partial charge in [0, 0.05) is 11.9 Å². The monoisotopic (exact) mass is 282 g/mol. The Bertz CT molecular complexity index is 328. The summed E-state index contributed by atoms with van der Waals surface area (Å²) in [4.78, 5) is 8.10. The highest BCUT2D eigenvalue weighted by Crippen LogP contribution is 2.12. The number of nitrogens with zero attached hydrogens (tertiary/aromatic N) is 2. The predicted molar refractivity (Wildman–Crippen MR) is 82.6 cm³/mol. The molecule has 0 spiro atoms. The quantitative estimate of drug-likeness (QED) is 0.390. The van der Waals surface area contributed by atoms with Crippen molar-refractivity contribution in [2.45, 2.75) is 77.6 Å². The lowest BCUT2D eigenvalue weighted by Gasteiger charge is -2.02. The van der Waals surface area contributed by atoms with Crippen LogP contribution in [0.25, 0.3) is 0 Å². The fraction of sp³-hybridized carbons (Fsp3) is 0.750. The number of halogens is 1. The standard InChI is InChI=1S/C16H27ClN2/c1-2-3-4-5-6-7-8-9-10-11-12-15-13-14-18-16(17)19-15/h13-14H,2-12H2,1H3. The van der Waals surface area contributed by atoms with Crippen LogP contribution in [0, 0.1) is 0 Å². The third kappa shape index (κ3) is 8.99. The van der Waals surface area contributed by atoms with Crippen LogP contribution in [0.15, 0.2) is 12.3 Å². The first-order valence-corrected chi connectivity index (χ1v) is 8.18. The molecule has 0 aliphatic carbocycles. The molecule has 0 saturated carbocycles. The Balaban J connectivity index is 1.89. The van der Waals surface area contributed by atoms with E-state index in [1.807, 2.05) is 6.07 Å². The van der Waals surface area contributed by atoms with Crippen molar-refractivity contribution in [1.82, 2.24) is 9.97 Å². The first-order valence-electron chi connectivity index (χ1n) is 7.80.